The third kappa shape index (κ3) is 4.72. The predicted molar refractivity (Wildman–Crippen MR) is 84.1 cm³/mol. The van der Waals surface area contributed by atoms with Crippen LogP contribution in [0.15, 0.2) is 24.3 Å². The molecular weight excluding hydrogens is 273 g/mol. The molecule has 0 atom stereocenters. The Hall–Kier alpha value is -1.20. The molecule has 0 aromatic heterocycles. The summed E-state index contributed by atoms with van der Waals surface area (Å²) in [5.41, 5.74) is 6.83. The molecule has 0 unspecified atom stereocenters. The summed E-state index contributed by atoms with van der Waals surface area (Å²) in [4.78, 5) is 4.52. The lowest BCUT2D eigenvalue weighted by molar-refractivity contribution is 0.180. The first-order chi connectivity index (χ1) is 9.65. The molecule has 1 aliphatic rings. The molecule has 3 nitrogen and oxygen atoms in total. The number of unbranched alkanes of at least 4 members (excludes halogenated alkanes) is 1. The molecule has 1 saturated heterocycles. The van der Waals surface area contributed by atoms with Gasteiger partial charge < -0.3 is 10.6 Å². The summed E-state index contributed by atoms with van der Waals surface area (Å²) in [7, 11) is 0. The molecule has 1 heterocycles. The lowest BCUT2D eigenvalue weighted by atomic mass is 10.1. The fourth-order valence-corrected chi connectivity index (χ4v) is 2.69. The summed E-state index contributed by atoms with van der Waals surface area (Å²) in [6.07, 6.45) is 3.33. The molecule has 110 valence electrons. The Morgan fingerprint density at radius 1 is 1.10 bits per heavy atom. The van der Waals surface area contributed by atoms with Crippen molar-refractivity contribution >= 4 is 17.3 Å². The number of nitrogens with two attached hydrogens (primary N) is 1. The van der Waals surface area contributed by atoms with Gasteiger partial charge in [-0.05, 0) is 55.7 Å². The monoisotopic (exact) mass is 295 g/mol. The van der Waals surface area contributed by atoms with Gasteiger partial charge in [-0.3, -0.25) is 4.90 Å². The van der Waals surface area contributed by atoms with E-state index >= 15 is 0 Å². The molecule has 0 aliphatic carbocycles. The molecule has 0 amide bonds. The summed E-state index contributed by atoms with van der Waals surface area (Å²) in [5, 5.41) is 0.515. The summed E-state index contributed by atoms with van der Waals surface area (Å²) >= 11 is 4.98. The predicted octanol–water partition coefficient (Wildman–Crippen LogP) is 2.01. The topological polar surface area (TPSA) is 32.5 Å². The highest BCUT2D eigenvalue weighted by Gasteiger charge is 2.16. The van der Waals surface area contributed by atoms with Crippen LogP contribution in [0.4, 0.5) is 4.39 Å². The zero-order valence-electron chi connectivity index (χ0n) is 11.7. The number of aryl methyl sites for hydroxylation is 1. The van der Waals surface area contributed by atoms with Crippen LogP contribution >= 0.6 is 12.2 Å². The number of rotatable bonds is 5. The molecule has 0 radical (unpaired) electrons. The van der Waals surface area contributed by atoms with Gasteiger partial charge in [0, 0.05) is 26.2 Å². The smallest absolute Gasteiger partial charge is 0.166 e. The van der Waals surface area contributed by atoms with Gasteiger partial charge in [0.05, 0.1) is 0 Å². The number of nitrogens with zero attached hydrogens (tertiary/aromatic N) is 2. The zero-order chi connectivity index (χ0) is 14.4. The van der Waals surface area contributed by atoms with Crippen LogP contribution in [0.5, 0.6) is 0 Å². The van der Waals surface area contributed by atoms with Crippen molar-refractivity contribution in [3.05, 3.63) is 35.6 Å². The highest BCUT2D eigenvalue weighted by Crippen LogP contribution is 2.08. The second-order valence-electron chi connectivity index (χ2n) is 5.25. The minimum atomic E-state index is -0.163. The first-order valence-electron chi connectivity index (χ1n) is 7.16. The average molecular weight is 295 g/mol. The Morgan fingerprint density at radius 3 is 2.35 bits per heavy atom. The van der Waals surface area contributed by atoms with Gasteiger partial charge in [0.25, 0.3) is 0 Å². The van der Waals surface area contributed by atoms with Gasteiger partial charge in [-0.2, -0.15) is 0 Å². The third-order valence-corrected chi connectivity index (χ3v) is 4.05. The van der Waals surface area contributed by atoms with Crippen LogP contribution in [0.2, 0.25) is 0 Å². The van der Waals surface area contributed by atoms with Gasteiger partial charge in [-0.15, -0.1) is 0 Å². The van der Waals surface area contributed by atoms with E-state index in [1.807, 2.05) is 12.1 Å². The summed E-state index contributed by atoms with van der Waals surface area (Å²) in [6, 6.07) is 6.81. The molecule has 1 fully saturated rings. The van der Waals surface area contributed by atoms with Crippen LogP contribution in [0, 0.1) is 5.82 Å². The Bertz CT molecular complexity index is 427. The molecule has 0 saturated carbocycles. The number of thiocarbonyl (C=S) groups is 1. The van der Waals surface area contributed by atoms with Crippen molar-refractivity contribution in [3.8, 4) is 0 Å². The zero-order valence-corrected chi connectivity index (χ0v) is 12.5. The van der Waals surface area contributed by atoms with Crippen LogP contribution in [0.1, 0.15) is 18.4 Å². The molecule has 1 aliphatic heterocycles. The molecule has 2 N–H and O–H groups in total. The highest BCUT2D eigenvalue weighted by molar-refractivity contribution is 7.80. The maximum atomic E-state index is 12.8. The van der Waals surface area contributed by atoms with Crippen molar-refractivity contribution in [1.82, 2.24) is 9.80 Å². The Kier molecular flexibility index (Phi) is 5.73. The van der Waals surface area contributed by atoms with E-state index in [4.69, 9.17) is 18.0 Å². The second-order valence-corrected chi connectivity index (χ2v) is 5.67. The van der Waals surface area contributed by atoms with Crippen LogP contribution in [0.3, 0.4) is 0 Å². The van der Waals surface area contributed by atoms with Crippen molar-refractivity contribution in [2.45, 2.75) is 19.3 Å². The minimum absolute atomic E-state index is 0.163. The van der Waals surface area contributed by atoms with Crippen molar-refractivity contribution < 1.29 is 4.39 Å². The lowest BCUT2D eigenvalue weighted by Crippen LogP contribution is -2.50. The van der Waals surface area contributed by atoms with E-state index in [9.17, 15) is 4.39 Å². The quantitative estimate of drug-likeness (QED) is 0.665. The third-order valence-electron chi connectivity index (χ3n) is 3.79. The van der Waals surface area contributed by atoms with Gasteiger partial charge >= 0.3 is 0 Å². The van der Waals surface area contributed by atoms with Gasteiger partial charge in [0.2, 0.25) is 0 Å². The maximum Gasteiger partial charge on any atom is 0.166 e. The van der Waals surface area contributed by atoms with Gasteiger partial charge in [0.1, 0.15) is 5.82 Å². The van der Waals surface area contributed by atoms with Crippen molar-refractivity contribution in [2.24, 2.45) is 5.73 Å². The molecule has 20 heavy (non-hydrogen) atoms. The Balaban J connectivity index is 1.60. The first kappa shape index (κ1) is 15.2. The van der Waals surface area contributed by atoms with E-state index in [1.54, 1.807) is 0 Å². The van der Waals surface area contributed by atoms with Crippen LogP contribution < -0.4 is 5.73 Å². The molecule has 1 aromatic carbocycles. The van der Waals surface area contributed by atoms with Crippen LogP contribution in [0.25, 0.3) is 0 Å². The summed E-state index contributed by atoms with van der Waals surface area (Å²) < 4.78 is 12.8. The van der Waals surface area contributed by atoms with Gasteiger partial charge in [0.15, 0.2) is 5.11 Å². The van der Waals surface area contributed by atoms with Gasteiger partial charge in [-0.25, -0.2) is 4.39 Å². The molecule has 0 bridgehead atoms. The number of halogens is 1. The van der Waals surface area contributed by atoms with Crippen molar-refractivity contribution in [3.63, 3.8) is 0 Å². The van der Waals surface area contributed by atoms with E-state index < -0.39 is 0 Å². The number of hydrogen-bond acceptors (Lipinski definition) is 2. The Morgan fingerprint density at radius 2 is 1.75 bits per heavy atom. The average Bonchev–Trinajstić information content (AvgIpc) is 2.46. The minimum Gasteiger partial charge on any atom is -0.376 e. The fraction of sp³-hybridized carbons (Fsp3) is 0.533. The van der Waals surface area contributed by atoms with E-state index in [2.05, 4.69) is 9.80 Å². The highest BCUT2D eigenvalue weighted by atomic mass is 32.1. The Labute approximate surface area is 125 Å². The van der Waals surface area contributed by atoms with E-state index in [0.717, 1.165) is 45.6 Å². The van der Waals surface area contributed by atoms with Crippen LogP contribution in [-0.4, -0.2) is 47.6 Å². The first-order valence-corrected chi connectivity index (χ1v) is 7.57. The standard InChI is InChI=1S/C15H22FN3S/c16-14-6-4-13(5-7-14)3-1-2-8-18-9-11-19(12-10-18)15(17)20/h4-7H,1-3,8-12H2,(H2,17,20). The van der Waals surface area contributed by atoms with Crippen molar-refractivity contribution in [1.29, 1.82) is 0 Å². The molecule has 5 heteroatoms. The summed E-state index contributed by atoms with van der Waals surface area (Å²) in [5.74, 6) is -0.163. The normalized spacial score (nSPS) is 16.4. The number of benzene rings is 1. The molecule has 1 aromatic rings. The lowest BCUT2D eigenvalue weighted by Gasteiger charge is -2.34. The molecule has 2 rings (SSSR count). The van der Waals surface area contributed by atoms with E-state index in [-0.39, 0.29) is 5.82 Å². The SMILES string of the molecule is NC(=S)N1CCN(CCCCc2ccc(F)cc2)CC1. The molecule has 0 spiro atoms. The molecular formula is C15H22FN3S. The maximum absolute atomic E-state index is 12.8. The number of piperazine rings is 1. The van der Waals surface area contributed by atoms with Gasteiger partial charge in [-0.1, -0.05) is 12.1 Å². The summed E-state index contributed by atoms with van der Waals surface area (Å²) in [6.45, 7) is 5.06. The fourth-order valence-electron chi connectivity index (χ4n) is 2.51. The largest absolute Gasteiger partial charge is 0.376 e. The second kappa shape index (κ2) is 7.55. The number of hydrogen-bond donors (Lipinski definition) is 1. The van der Waals surface area contributed by atoms with Crippen LogP contribution in [-0.2, 0) is 6.42 Å². The van der Waals surface area contributed by atoms with E-state index in [1.165, 1.54) is 24.1 Å². The van der Waals surface area contributed by atoms with Crippen molar-refractivity contribution in [2.75, 3.05) is 32.7 Å². The van der Waals surface area contributed by atoms with E-state index in [0.29, 0.717) is 5.11 Å².